The molecule has 1 fully saturated rings. The molecule has 3 heterocycles. The van der Waals surface area contributed by atoms with E-state index in [4.69, 9.17) is 4.74 Å². The number of nitrogens with one attached hydrogen (secondary N) is 1. The van der Waals surface area contributed by atoms with Gasteiger partial charge in [-0.2, -0.15) is 0 Å². The monoisotopic (exact) mass is 352 g/mol. The van der Waals surface area contributed by atoms with Gasteiger partial charge in [0.15, 0.2) is 0 Å². The number of rotatable bonds is 5. The Bertz CT molecular complexity index is 629. The fourth-order valence-corrected chi connectivity index (χ4v) is 3.92. The molecule has 0 radical (unpaired) electrons. The fraction of sp³-hybridized carbons (Fsp3) is 0.533. The Hall–Kier alpha value is -1.51. The molecule has 0 aliphatic carbocycles. The number of carbonyl (C=O) groups excluding carboxylic acids is 1. The Labute approximate surface area is 143 Å². The molecule has 6 nitrogen and oxygen atoms in total. The van der Waals surface area contributed by atoms with Gasteiger partial charge in [-0.05, 0) is 17.9 Å². The van der Waals surface area contributed by atoms with E-state index in [0.717, 1.165) is 29.1 Å². The van der Waals surface area contributed by atoms with Crippen LogP contribution in [0.1, 0.15) is 35.8 Å². The summed E-state index contributed by atoms with van der Waals surface area (Å²) in [5.74, 6) is 0. The molecule has 0 spiro atoms. The fourth-order valence-electron chi connectivity index (χ4n) is 2.38. The number of unbranched alkanes of at least 4 members (excludes halogenated alkanes) is 1. The predicted octanol–water partition coefficient (Wildman–Crippen LogP) is 3.55. The van der Waals surface area contributed by atoms with Crippen molar-refractivity contribution in [2.24, 2.45) is 0 Å². The zero-order chi connectivity index (χ0) is 16.1. The second-order valence-corrected chi connectivity index (χ2v) is 7.40. The largest absolute Gasteiger partial charge is 0.369 e. The van der Waals surface area contributed by atoms with Gasteiger partial charge in [0, 0.05) is 17.8 Å². The van der Waals surface area contributed by atoms with E-state index >= 15 is 0 Å². The van der Waals surface area contributed by atoms with E-state index in [9.17, 15) is 4.79 Å². The van der Waals surface area contributed by atoms with E-state index in [-0.39, 0.29) is 12.1 Å². The molecular formula is C15H20N4O2S2. The average molecular weight is 352 g/mol. The zero-order valence-corrected chi connectivity index (χ0v) is 14.7. The Morgan fingerprint density at radius 1 is 1.52 bits per heavy atom. The lowest BCUT2D eigenvalue weighted by Crippen LogP contribution is -2.44. The summed E-state index contributed by atoms with van der Waals surface area (Å²) in [4.78, 5) is 15.3. The molecule has 1 unspecified atom stereocenters. The summed E-state index contributed by atoms with van der Waals surface area (Å²) in [6.45, 7) is 3.85. The molecule has 2 amide bonds. The number of nitrogens with zero attached hydrogens (tertiary/aromatic N) is 3. The molecule has 1 aliphatic heterocycles. The SMILES string of the molecule is CCCCc1nnc(NC(=O)N2CCOC(c3cccs3)C2)s1. The van der Waals surface area contributed by atoms with Crippen LogP contribution < -0.4 is 5.32 Å². The maximum absolute atomic E-state index is 12.4. The van der Waals surface area contributed by atoms with Crippen molar-refractivity contribution in [1.82, 2.24) is 15.1 Å². The number of carbonyl (C=O) groups is 1. The Balaban J connectivity index is 1.56. The minimum atomic E-state index is -0.131. The molecule has 124 valence electrons. The molecule has 0 saturated carbocycles. The number of aryl methyl sites for hydroxylation is 1. The van der Waals surface area contributed by atoms with Crippen molar-refractivity contribution in [2.45, 2.75) is 32.3 Å². The highest BCUT2D eigenvalue weighted by molar-refractivity contribution is 7.15. The molecule has 2 aromatic heterocycles. The van der Waals surface area contributed by atoms with Crippen molar-refractivity contribution in [1.29, 1.82) is 0 Å². The van der Waals surface area contributed by atoms with Crippen molar-refractivity contribution in [2.75, 3.05) is 25.0 Å². The second kappa shape index (κ2) is 7.85. The summed E-state index contributed by atoms with van der Waals surface area (Å²) in [6.07, 6.45) is 3.10. The van der Waals surface area contributed by atoms with E-state index in [1.807, 2.05) is 17.5 Å². The highest BCUT2D eigenvalue weighted by Gasteiger charge is 2.26. The van der Waals surface area contributed by atoms with Gasteiger partial charge in [-0.1, -0.05) is 30.7 Å². The lowest BCUT2D eigenvalue weighted by atomic mass is 10.2. The van der Waals surface area contributed by atoms with E-state index in [0.29, 0.717) is 24.8 Å². The molecule has 1 atom stereocenters. The van der Waals surface area contributed by atoms with Crippen LogP contribution in [0.4, 0.5) is 9.93 Å². The maximum atomic E-state index is 12.4. The topological polar surface area (TPSA) is 67.4 Å². The van der Waals surface area contributed by atoms with Gasteiger partial charge >= 0.3 is 6.03 Å². The van der Waals surface area contributed by atoms with Gasteiger partial charge in [0.2, 0.25) is 5.13 Å². The number of anilines is 1. The molecule has 3 rings (SSSR count). The standard InChI is InChI=1S/C15H20N4O2S2/c1-2-3-6-13-17-18-14(23-13)16-15(20)19-7-8-21-11(10-19)12-5-4-9-22-12/h4-5,9,11H,2-3,6-8,10H2,1H3,(H,16,18,20). The molecule has 23 heavy (non-hydrogen) atoms. The van der Waals surface area contributed by atoms with Crippen molar-refractivity contribution in [3.63, 3.8) is 0 Å². The first-order valence-electron chi connectivity index (χ1n) is 7.79. The van der Waals surface area contributed by atoms with Crippen LogP contribution in [0.5, 0.6) is 0 Å². The van der Waals surface area contributed by atoms with Crippen molar-refractivity contribution >= 4 is 33.8 Å². The summed E-state index contributed by atoms with van der Waals surface area (Å²) >= 11 is 3.11. The first-order valence-corrected chi connectivity index (χ1v) is 9.49. The Morgan fingerprint density at radius 3 is 3.22 bits per heavy atom. The normalized spacial score (nSPS) is 18.1. The summed E-state index contributed by atoms with van der Waals surface area (Å²) in [5, 5.41) is 14.6. The number of morpholine rings is 1. The van der Waals surface area contributed by atoms with Crippen LogP contribution in [0.2, 0.25) is 0 Å². The van der Waals surface area contributed by atoms with Gasteiger partial charge in [-0.25, -0.2) is 4.79 Å². The van der Waals surface area contributed by atoms with Crippen LogP contribution in [0, 0.1) is 0 Å². The minimum Gasteiger partial charge on any atom is -0.369 e. The predicted molar refractivity (Wildman–Crippen MR) is 92.1 cm³/mol. The second-order valence-electron chi connectivity index (χ2n) is 5.36. The Kier molecular flexibility index (Phi) is 5.58. The number of urea groups is 1. The van der Waals surface area contributed by atoms with E-state index in [1.165, 1.54) is 11.3 Å². The van der Waals surface area contributed by atoms with Gasteiger partial charge in [0.05, 0.1) is 13.2 Å². The van der Waals surface area contributed by atoms with E-state index in [2.05, 4.69) is 22.4 Å². The van der Waals surface area contributed by atoms with E-state index < -0.39 is 0 Å². The molecule has 2 aromatic rings. The Morgan fingerprint density at radius 2 is 2.43 bits per heavy atom. The highest BCUT2D eigenvalue weighted by atomic mass is 32.1. The highest BCUT2D eigenvalue weighted by Crippen LogP contribution is 2.26. The average Bonchev–Trinajstić information content (AvgIpc) is 3.25. The van der Waals surface area contributed by atoms with E-state index in [1.54, 1.807) is 16.2 Å². The first kappa shape index (κ1) is 16.4. The van der Waals surface area contributed by atoms with Gasteiger partial charge in [0.25, 0.3) is 0 Å². The molecule has 1 N–H and O–H groups in total. The summed E-state index contributed by atoms with van der Waals surface area (Å²) in [6, 6.07) is 3.91. The number of hydrogen-bond acceptors (Lipinski definition) is 6. The summed E-state index contributed by atoms with van der Waals surface area (Å²) in [7, 11) is 0. The number of ether oxygens (including phenoxy) is 1. The maximum Gasteiger partial charge on any atom is 0.323 e. The van der Waals surface area contributed by atoms with Crippen LogP contribution in [-0.2, 0) is 11.2 Å². The van der Waals surface area contributed by atoms with Gasteiger partial charge in [-0.15, -0.1) is 21.5 Å². The summed E-state index contributed by atoms with van der Waals surface area (Å²) in [5.41, 5.74) is 0. The molecule has 1 saturated heterocycles. The van der Waals surface area contributed by atoms with Crippen LogP contribution in [0.25, 0.3) is 0 Å². The lowest BCUT2D eigenvalue weighted by molar-refractivity contribution is -0.0115. The van der Waals surface area contributed by atoms with Crippen LogP contribution in [0.3, 0.4) is 0 Å². The quantitative estimate of drug-likeness (QED) is 0.893. The molecule has 0 aromatic carbocycles. The van der Waals surface area contributed by atoms with Crippen molar-refractivity contribution in [3.8, 4) is 0 Å². The van der Waals surface area contributed by atoms with Gasteiger partial charge in [0.1, 0.15) is 11.1 Å². The molecule has 8 heteroatoms. The zero-order valence-electron chi connectivity index (χ0n) is 13.0. The smallest absolute Gasteiger partial charge is 0.323 e. The third kappa shape index (κ3) is 4.27. The summed E-state index contributed by atoms with van der Waals surface area (Å²) < 4.78 is 5.76. The lowest BCUT2D eigenvalue weighted by Gasteiger charge is -2.32. The number of hydrogen-bond donors (Lipinski definition) is 1. The molecule has 0 bridgehead atoms. The van der Waals surface area contributed by atoms with Crippen molar-refractivity contribution in [3.05, 3.63) is 27.4 Å². The first-order chi connectivity index (χ1) is 11.3. The van der Waals surface area contributed by atoms with Crippen LogP contribution in [-0.4, -0.2) is 40.8 Å². The third-order valence-corrected chi connectivity index (χ3v) is 5.50. The van der Waals surface area contributed by atoms with Crippen molar-refractivity contribution < 1.29 is 9.53 Å². The molecule has 1 aliphatic rings. The van der Waals surface area contributed by atoms with Crippen LogP contribution in [0.15, 0.2) is 17.5 Å². The number of aromatic nitrogens is 2. The minimum absolute atomic E-state index is 0.0379. The number of amides is 2. The van der Waals surface area contributed by atoms with Gasteiger partial charge in [-0.3, -0.25) is 5.32 Å². The molecular weight excluding hydrogens is 332 g/mol. The van der Waals surface area contributed by atoms with Crippen LogP contribution >= 0.6 is 22.7 Å². The number of thiophene rings is 1. The van der Waals surface area contributed by atoms with Gasteiger partial charge < -0.3 is 9.64 Å². The third-order valence-electron chi connectivity index (χ3n) is 3.64.